The molecule has 21 heavy (non-hydrogen) atoms. The van der Waals surface area contributed by atoms with E-state index in [9.17, 15) is 9.90 Å². The second-order valence-electron chi connectivity index (χ2n) is 5.59. The summed E-state index contributed by atoms with van der Waals surface area (Å²) < 4.78 is 5.20. The number of aliphatic hydroxyl groups is 1. The van der Waals surface area contributed by atoms with Gasteiger partial charge in [0.15, 0.2) is 6.23 Å². The third-order valence-corrected chi connectivity index (χ3v) is 3.76. The third-order valence-electron chi connectivity index (χ3n) is 3.76. The lowest BCUT2D eigenvalue weighted by molar-refractivity contribution is 0.127. The number of hydrogen-bond donors (Lipinski definition) is 1. The van der Waals surface area contributed by atoms with Gasteiger partial charge in [-0.05, 0) is 20.3 Å². The van der Waals surface area contributed by atoms with Gasteiger partial charge in [-0.3, -0.25) is 0 Å². The molecule has 0 saturated carbocycles. The second-order valence-corrected chi connectivity index (χ2v) is 5.59. The van der Waals surface area contributed by atoms with Gasteiger partial charge in [0, 0.05) is 13.1 Å². The summed E-state index contributed by atoms with van der Waals surface area (Å²) in [6.07, 6.45) is 6.58. The first-order valence-electron chi connectivity index (χ1n) is 6.63. The van der Waals surface area contributed by atoms with E-state index >= 15 is 0 Å². The molecular weight excluding hydrogens is 270 g/mol. The lowest BCUT2D eigenvalue weighted by Gasteiger charge is -2.19. The van der Waals surface area contributed by atoms with Crippen molar-refractivity contribution in [2.75, 3.05) is 11.9 Å². The van der Waals surface area contributed by atoms with E-state index in [2.05, 4.69) is 17.7 Å². The van der Waals surface area contributed by atoms with Crippen LogP contribution in [0.5, 0.6) is 0 Å². The van der Waals surface area contributed by atoms with E-state index in [1.807, 2.05) is 13.8 Å². The highest BCUT2D eigenvalue weighted by atomic mass is 16.5. The highest BCUT2D eigenvalue weighted by Gasteiger charge is 2.45. The topological polar surface area (TPSA) is 69.8 Å². The number of aliphatic hydroxyl groups excluding tert-OH is 1. The Bertz CT molecular complexity index is 600. The molecule has 2 rings (SSSR count). The number of aromatic nitrogens is 1. The van der Waals surface area contributed by atoms with Crippen LogP contribution >= 0.6 is 0 Å². The van der Waals surface area contributed by atoms with Crippen LogP contribution in [0, 0.1) is 12.3 Å². The third kappa shape index (κ3) is 2.41. The first kappa shape index (κ1) is 15.1. The molecule has 0 aromatic carbocycles. The number of carbonyl (C=O) groups excluding carboxylic acids is 1. The number of urea groups is 1. The SMILES string of the molecule is C#CC(C)(C)c1cc(N2C(=O)N(C)C(CC=C)C2O)on1. The van der Waals surface area contributed by atoms with Crippen molar-refractivity contribution in [3.63, 3.8) is 0 Å². The Morgan fingerprint density at radius 3 is 2.90 bits per heavy atom. The molecule has 2 unspecified atom stereocenters. The predicted octanol–water partition coefficient (Wildman–Crippen LogP) is 1.72. The Labute approximate surface area is 124 Å². The van der Waals surface area contributed by atoms with Crippen LogP contribution in [0.1, 0.15) is 26.0 Å². The van der Waals surface area contributed by atoms with Gasteiger partial charge < -0.3 is 14.5 Å². The number of likely N-dealkylation sites (N-methyl/N-ethyl adjacent to an activating group) is 1. The number of anilines is 1. The molecule has 6 heteroatoms. The zero-order valence-electron chi connectivity index (χ0n) is 12.4. The molecule has 1 aliphatic rings. The number of nitrogens with zero attached hydrogens (tertiary/aromatic N) is 3. The summed E-state index contributed by atoms with van der Waals surface area (Å²) in [4.78, 5) is 14.9. The summed E-state index contributed by atoms with van der Waals surface area (Å²) >= 11 is 0. The number of rotatable bonds is 4. The van der Waals surface area contributed by atoms with Gasteiger partial charge in [0.1, 0.15) is 5.69 Å². The minimum atomic E-state index is -1.02. The van der Waals surface area contributed by atoms with Gasteiger partial charge in [0.05, 0.1) is 11.5 Å². The fraction of sp³-hybridized carbons (Fsp3) is 0.467. The number of terminal acetylenes is 1. The Morgan fingerprint density at radius 2 is 2.33 bits per heavy atom. The minimum absolute atomic E-state index is 0.184. The molecule has 6 nitrogen and oxygen atoms in total. The predicted molar refractivity (Wildman–Crippen MR) is 78.6 cm³/mol. The van der Waals surface area contributed by atoms with Crippen LogP contribution in [-0.4, -0.2) is 40.5 Å². The van der Waals surface area contributed by atoms with Crippen LogP contribution in [0.3, 0.4) is 0 Å². The largest absolute Gasteiger partial charge is 0.371 e. The number of amides is 2. The van der Waals surface area contributed by atoms with E-state index in [4.69, 9.17) is 10.9 Å². The average Bonchev–Trinajstić information content (AvgIpc) is 3.00. The van der Waals surface area contributed by atoms with Crippen LogP contribution in [0.4, 0.5) is 10.7 Å². The molecule has 112 valence electrons. The van der Waals surface area contributed by atoms with Crippen molar-refractivity contribution in [2.45, 2.75) is 38.0 Å². The van der Waals surface area contributed by atoms with E-state index < -0.39 is 11.6 Å². The Hall–Kier alpha value is -2.26. The maximum atomic E-state index is 12.3. The Morgan fingerprint density at radius 1 is 1.67 bits per heavy atom. The highest BCUT2D eigenvalue weighted by Crippen LogP contribution is 2.32. The monoisotopic (exact) mass is 289 g/mol. The van der Waals surface area contributed by atoms with Crippen molar-refractivity contribution in [1.82, 2.24) is 10.1 Å². The maximum Gasteiger partial charge on any atom is 0.329 e. The van der Waals surface area contributed by atoms with Gasteiger partial charge in [0.2, 0.25) is 5.88 Å². The fourth-order valence-electron chi connectivity index (χ4n) is 2.22. The highest BCUT2D eigenvalue weighted by molar-refractivity contribution is 5.93. The molecule has 0 spiro atoms. The van der Waals surface area contributed by atoms with Crippen molar-refractivity contribution in [3.8, 4) is 12.3 Å². The van der Waals surface area contributed by atoms with Crippen molar-refractivity contribution in [3.05, 3.63) is 24.4 Å². The minimum Gasteiger partial charge on any atom is -0.371 e. The van der Waals surface area contributed by atoms with Gasteiger partial charge in [-0.2, -0.15) is 0 Å². The van der Waals surface area contributed by atoms with Gasteiger partial charge >= 0.3 is 6.03 Å². The first-order chi connectivity index (χ1) is 9.83. The van der Waals surface area contributed by atoms with E-state index in [0.29, 0.717) is 12.1 Å². The van der Waals surface area contributed by atoms with Gasteiger partial charge in [-0.25, -0.2) is 9.69 Å². The van der Waals surface area contributed by atoms with E-state index in [-0.39, 0.29) is 18.0 Å². The second kappa shape index (κ2) is 5.26. The smallest absolute Gasteiger partial charge is 0.329 e. The molecule has 2 heterocycles. The summed E-state index contributed by atoms with van der Waals surface area (Å²) in [5.74, 6) is 2.79. The molecule has 1 saturated heterocycles. The molecule has 2 atom stereocenters. The van der Waals surface area contributed by atoms with Crippen LogP contribution in [0.25, 0.3) is 0 Å². The maximum absolute atomic E-state index is 12.3. The van der Waals surface area contributed by atoms with Crippen LogP contribution in [0.15, 0.2) is 23.2 Å². The van der Waals surface area contributed by atoms with E-state index in [1.165, 1.54) is 9.80 Å². The quantitative estimate of drug-likeness (QED) is 0.677. The van der Waals surface area contributed by atoms with Gasteiger partial charge in [0.25, 0.3) is 0 Å². The lowest BCUT2D eigenvalue weighted by atomic mass is 9.91. The van der Waals surface area contributed by atoms with Crippen molar-refractivity contribution >= 4 is 11.9 Å². The molecule has 0 aliphatic carbocycles. The first-order valence-corrected chi connectivity index (χ1v) is 6.63. The average molecular weight is 289 g/mol. The van der Waals surface area contributed by atoms with Crippen molar-refractivity contribution in [1.29, 1.82) is 0 Å². The van der Waals surface area contributed by atoms with Crippen LogP contribution in [-0.2, 0) is 5.41 Å². The zero-order chi connectivity index (χ0) is 15.8. The van der Waals surface area contributed by atoms with Crippen molar-refractivity contribution in [2.24, 2.45) is 0 Å². The standard InChI is InChI=1S/C15H19N3O3/c1-6-8-10-13(19)18(14(20)17(10)5)12-9-11(16-21-12)15(3,4)7-2/h2,6,9-10,13,19H,1,8H2,3-5H3. The Balaban J connectivity index is 2.33. The fourth-order valence-corrected chi connectivity index (χ4v) is 2.22. The number of hydrogen-bond acceptors (Lipinski definition) is 4. The molecule has 1 aromatic heterocycles. The molecule has 1 aromatic rings. The van der Waals surface area contributed by atoms with Crippen molar-refractivity contribution < 1.29 is 14.4 Å². The summed E-state index contributed by atoms with van der Waals surface area (Å²) in [5, 5.41) is 14.2. The van der Waals surface area contributed by atoms with Gasteiger partial charge in [-0.15, -0.1) is 13.0 Å². The lowest BCUT2D eigenvalue weighted by Crippen LogP contribution is -2.36. The van der Waals surface area contributed by atoms with E-state index in [1.54, 1.807) is 19.2 Å². The summed E-state index contributed by atoms with van der Waals surface area (Å²) in [5.41, 5.74) is -0.0724. The molecule has 0 radical (unpaired) electrons. The summed E-state index contributed by atoms with van der Waals surface area (Å²) in [7, 11) is 1.63. The normalized spacial score (nSPS) is 22.5. The van der Waals surface area contributed by atoms with Crippen LogP contribution < -0.4 is 4.90 Å². The van der Waals surface area contributed by atoms with Gasteiger partial charge in [-0.1, -0.05) is 17.2 Å². The molecule has 2 amide bonds. The Kier molecular flexibility index (Phi) is 3.79. The molecule has 1 aliphatic heterocycles. The van der Waals surface area contributed by atoms with Crippen LogP contribution in [0.2, 0.25) is 0 Å². The number of carbonyl (C=O) groups is 1. The molecule has 0 bridgehead atoms. The molecular formula is C15H19N3O3. The van der Waals surface area contributed by atoms with E-state index in [0.717, 1.165) is 0 Å². The molecule has 1 N–H and O–H groups in total. The zero-order valence-corrected chi connectivity index (χ0v) is 12.4. The summed E-state index contributed by atoms with van der Waals surface area (Å²) in [6, 6.07) is 0.866. The molecule has 1 fully saturated rings. The summed E-state index contributed by atoms with van der Waals surface area (Å²) in [6.45, 7) is 7.28.